The van der Waals surface area contributed by atoms with Gasteiger partial charge < -0.3 is 9.73 Å². The van der Waals surface area contributed by atoms with Gasteiger partial charge in [-0.15, -0.1) is 0 Å². The maximum absolute atomic E-state index is 12.8. The number of nitro benzene ring substituents is 1. The molecule has 0 atom stereocenters. The smallest absolute Gasteiger partial charge is 0.294 e. The van der Waals surface area contributed by atoms with Crippen LogP contribution in [-0.4, -0.2) is 35.7 Å². The van der Waals surface area contributed by atoms with Crippen LogP contribution in [0.1, 0.15) is 25.2 Å². The zero-order chi connectivity index (χ0) is 20.6. The number of hydrogen-bond acceptors (Lipinski definition) is 7. The van der Waals surface area contributed by atoms with Crippen molar-refractivity contribution in [2.24, 2.45) is 0 Å². The largest absolute Gasteiger partial charge is 0.441 e. The first-order valence-electron chi connectivity index (χ1n) is 9.27. The Labute approximate surface area is 167 Å². The normalized spacial score (nSPS) is 15.5. The highest BCUT2D eigenvalue weighted by Crippen LogP contribution is 2.32. The van der Waals surface area contributed by atoms with Crippen LogP contribution in [-0.2, 0) is 10.0 Å². The average Bonchev–Trinajstić information content (AvgIpc) is 3.08. The van der Waals surface area contributed by atoms with Crippen molar-refractivity contribution in [3.05, 3.63) is 52.4 Å². The van der Waals surface area contributed by atoms with Gasteiger partial charge in [0.05, 0.1) is 9.82 Å². The maximum Gasteiger partial charge on any atom is 0.294 e. The Morgan fingerprint density at radius 2 is 1.90 bits per heavy atom. The maximum atomic E-state index is 12.8. The van der Waals surface area contributed by atoms with Crippen molar-refractivity contribution in [1.29, 1.82) is 0 Å². The molecule has 2 aromatic carbocycles. The van der Waals surface area contributed by atoms with Crippen molar-refractivity contribution in [3.8, 4) is 0 Å². The number of fused-ring (bicyclic) bond motifs is 1. The molecule has 9 nitrogen and oxygen atoms in total. The van der Waals surface area contributed by atoms with Gasteiger partial charge >= 0.3 is 0 Å². The zero-order valence-electron chi connectivity index (χ0n) is 15.8. The minimum Gasteiger partial charge on any atom is -0.441 e. The van der Waals surface area contributed by atoms with Crippen molar-refractivity contribution in [1.82, 2.24) is 9.29 Å². The zero-order valence-corrected chi connectivity index (χ0v) is 16.6. The monoisotopic (exact) mass is 416 g/mol. The molecule has 1 saturated heterocycles. The molecule has 0 saturated carbocycles. The van der Waals surface area contributed by atoms with E-state index in [1.807, 2.05) is 0 Å². The first kappa shape index (κ1) is 19.3. The third-order valence-corrected chi connectivity index (χ3v) is 6.79. The van der Waals surface area contributed by atoms with Gasteiger partial charge in [0.2, 0.25) is 10.0 Å². The number of benzene rings is 2. The second-order valence-corrected chi connectivity index (χ2v) is 8.88. The summed E-state index contributed by atoms with van der Waals surface area (Å²) in [5.74, 6) is 0.524. The lowest BCUT2D eigenvalue weighted by molar-refractivity contribution is -0.384. The third-order valence-electron chi connectivity index (χ3n) is 4.89. The minimum atomic E-state index is -3.76. The van der Waals surface area contributed by atoms with E-state index in [0.29, 0.717) is 35.8 Å². The van der Waals surface area contributed by atoms with Crippen molar-refractivity contribution < 1.29 is 17.8 Å². The van der Waals surface area contributed by atoms with E-state index in [-0.39, 0.29) is 16.3 Å². The fourth-order valence-electron chi connectivity index (χ4n) is 3.46. The SMILES string of the molecule is Cc1nc2cc(Nc3ccc(S(=O)(=O)N4CCCCC4)cc3[N+](=O)[O-])ccc2o1. The lowest BCUT2D eigenvalue weighted by Crippen LogP contribution is -2.35. The van der Waals surface area contributed by atoms with Gasteiger partial charge in [0, 0.05) is 31.8 Å². The highest BCUT2D eigenvalue weighted by Gasteiger charge is 2.28. The quantitative estimate of drug-likeness (QED) is 0.494. The lowest BCUT2D eigenvalue weighted by atomic mass is 10.2. The number of nitrogens with zero attached hydrogens (tertiary/aromatic N) is 3. The molecule has 3 aromatic rings. The molecule has 1 aliphatic rings. The van der Waals surface area contributed by atoms with Crippen molar-refractivity contribution in [2.75, 3.05) is 18.4 Å². The molecule has 4 rings (SSSR count). The Kier molecular flexibility index (Phi) is 4.97. The van der Waals surface area contributed by atoms with Gasteiger partial charge in [-0.05, 0) is 43.2 Å². The van der Waals surface area contributed by atoms with E-state index in [0.717, 1.165) is 25.3 Å². The number of anilines is 2. The summed E-state index contributed by atoms with van der Waals surface area (Å²) in [4.78, 5) is 15.2. The van der Waals surface area contributed by atoms with Gasteiger partial charge in [0.15, 0.2) is 11.5 Å². The van der Waals surface area contributed by atoms with Gasteiger partial charge in [-0.3, -0.25) is 10.1 Å². The highest BCUT2D eigenvalue weighted by molar-refractivity contribution is 7.89. The predicted molar refractivity (Wildman–Crippen MR) is 108 cm³/mol. The highest BCUT2D eigenvalue weighted by atomic mass is 32.2. The van der Waals surface area contributed by atoms with Crippen LogP contribution in [0.3, 0.4) is 0 Å². The molecule has 10 heteroatoms. The number of piperidine rings is 1. The number of nitro groups is 1. The Hall–Kier alpha value is -2.98. The second-order valence-electron chi connectivity index (χ2n) is 6.94. The first-order valence-corrected chi connectivity index (χ1v) is 10.7. The predicted octanol–water partition coefficient (Wildman–Crippen LogP) is 3.96. The summed E-state index contributed by atoms with van der Waals surface area (Å²) in [6.07, 6.45) is 2.58. The number of oxazole rings is 1. The molecule has 152 valence electrons. The average molecular weight is 416 g/mol. The summed E-state index contributed by atoms with van der Waals surface area (Å²) in [7, 11) is -3.76. The van der Waals surface area contributed by atoms with Crippen LogP contribution in [0.2, 0.25) is 0 Å². The Balaban J connectivity index is 1.67. The first-order chi connectivity index (χ1) is 13.8. The number of nitrogens with one attached hydrogen (secondary N) is 1. The van der Waals surface area contributed by atoms with Gasteiger partial charge in [0.1, 0.15) is 11.2 Å². The fraction of sp³-hybridized carbons (Fsp3) is 0.316. The molecule has 0 radical (unpaired) electrons. The summed E-state index contributed by atoms with van der Waals surface area (Å²) in [5.41, 5.74) is 1.72. The van der Waals surface area contributed by atoms with Crippen molar-refractivity contribution >= 4 is 38.2 Å². The number of hydrogen-bond donors (Lipinski definition) is 1. The van der Waals surface area contributed by atoms with Crippen LogP contribution >= 0.6 is 0 Å². The summed E-state index contributed by atoms with van der Waals surface area (Å²) >= 11 is 0. The molecule has 29 heavy (non-hydrogen) atoms. The Bertz CT molecular complexity index is 1180. The number of aromatic nitrogens is 1. The fourth-order valence-corrected chi connectivity index (χ4v) is 5.00. The molecule has 0 bridgehead atoms. The molecule has 2 heterocycles. The van der Waals surface area contributed by atoms with Crippen LogP contribution in [0.4, 0.5) is 17.1 Å². The summed E-state index contributed by atoms with van der Waals surface area (Å²) in [5, 5.41) is 14.6. The molecule has 0 amide bonds. The topological polar surface area (TPSA) is 119 Å². The van der Waals surface area contributed by atoms with E-state index in [9.17, 15) is 18.5 Å². The Morgan fingerprint density at radius 1 is 1.14 bits per heavy atom. The number of rotatable bonds is 5. The van der Waals surface area contributed by atoms with Gasteiger partial charge in [0.25, 0.3) is 5.69 Å². The lowest BCUT2D eigenvalue weighted by Gasteiger charge is -2.25. The molecule has 1 aromatic heterocycles. The van der Waals surface area contributed by atoms with Gasteiger partial charge in [-0.25, -0.2) is 13.4 Å². The number of sulfonamides is 1. The molecule has 0 unspecified atom stereocenters. The summed E-state index contributed by atoms with van der Waals surface area (Å²) < 4.78 is 32.5. The third kappa shape index (κ3) is 3.81. The summed E-state index contributed by atoms with van der Waals surface area (Å²) in [6, 6.07) is 9.10. The van der Waals surface area contributed by atoms with Gasteiger partial charge in [-0.1, -0.05) is 6.42 Å². The molecule has 1 N–H and O–H groups in total. The second kappa shape index (κ2) is 7.45. The van der Waals surface area contributed by atoms with E-state index in [2.05, 4.69) is 10.3 Å². The van der Waals surface area contributed by atoms with E-state index >= 15 is 0 Å². The van der Waals surface area contributed by atoms with Crippen LogP contribution < -0.4 is 5.32 Å². The molecule has 1 aliphatic heterocycles. The van der Waals surface area contributed by atoms with Crippen molar-refractivity contribution in [2.45, 2.75) is 31.1 Å². The van der Waals surface area contributed by atoms with E-state index in [1.165, 1.54) is 16.4 Å². The van der Waals surface area contributed by atoms with Crippen LogP contribution in [0, 0.1) is 17.0 Å². The van der Waals surface area contributed by atoms with Crippen molar-refractivity contribution in [3.63, 3.8) is 0 Å². The van der Waals surface area contributed by atoms with Crippen LogP contribution in [0.5, 0.6) is 0 Å². The molecular weight excluding hydrogens is 396 g/mol. The van der Waals surface area contributed by atoms with Crippen LogP contribution in [0.15, 0.2) is 45.7 Å². The van der Waals surface area contributed by atoms with E-state index in [1.54, 1.807) is 25.1 Å². The van der Waals surface area contributed by atoms with Crippen LogP contribution in [0.25, 0.3) is 11.1 Å². The Morgan fingerprint density at radius 3 is 2.62 bits per heavy atom. The number of aryl methyl sites for hydroxylation is 1. The summed E-state index contributed by atoms with van der Waals surface area (Å²) in [6.45, 7) is 2.61. The van der Waals surface area contributed by atoms with E-state index < -0.39 is 14.9 Å². The van der Waals surface area contributed by atoms with Gasteiger partial charge in [-0.2, -0.15) is 4.31 Å². The molecular formula is C19H20N4O5S. The molecule has 0 spiro atoms. The van der Waals surface area contributed by atoms with E-state index in [4.69, 9.17) is 4.42 Å². The standard InChI is InChI=1S/C19H20N4O5S/c1-13-20-17-11-14(5-8-19(17)28-13)21-16-7-6-15(12-18(16)23(24)25)29(26,27)22-9-3-2-4-10-22/h5-8,11-12,21H,2-4,9-10H2,1H3. The molecule has 0 aliphatic carbocycles. The molecule has 1 fully saturated rings. The minimum absolute atomic E-state index is 0.0702.